The van der Waals surface area contributed by atoms with E-state index in [2.05, 4.69) is 113 Å². The lowest BCUT2D eigenvalue weighted by Gasteiger charge is -2.46. The molecule has 194 valence electrons. The summed E-state index contributed by atoms with van der Waals surface area (Å²) in [5, 5.41) is 0. The summed E-state index contributed by atoms with van der Waals surface area (Å²) in [4.78, 5) is 0. The van der Waals surface area contributed by atoms with Gasteiger partial charge in [-0.25, -0.2) is 0 Å². The van der Waals surface area contributed by atoms with Gasteiger partial charge in [-0.2, -0.15) is 0 Å². The molecule has 0 saturated carbocycles. The Morgan fingerprint density at radius 2 is 1.71 bits per heavy atom. The third-order valence-corrected chi connectivity index (χ3v) is 9.72. The quantitative estimate of drug-likeness (QED) is 0.223. The molecule has 0 aliphatic heterocycles. The highest BCUT2D eigenvalue weighted by molar-refractivity contribution is 5.15. The molecule has 0 amide bonds. The first kappa shape index (κ1) is 30.7. The molecule has 0 aromatic rings. The normalized spacial score (nSPS) is 26.9. The van der Waals surface area contributed by atoms with Crippen LogP contribution in [0.3, 0.4) is 0 Å². The molecule has 0 spiro atoms. The van der Waals surface area contributed by atoms with Crippen LogP contribution < -0.4 is 0 Å². The van der Waals surface area contributed by atoms with E-state index in [1.165, 1.54) is 36.8 Å². The van der Waals surface area contributed by atoms with Crippen molar-refractivity contribution in [2.24, 2.45) is 46.3 Å². The average Bonchev–Trinajstić information content (AvgIpc) is 2.77. The van der Waals surface area contributed by atoms with Crippen LogP contribution in [0.25, 0.3) is 0 Å². The Hall–Kier alpha value is -1.30. The zero-order valence-electron chi connectivity index (χ0n) is 24.6. The second kappa shape index (κ2) is 13.1. The molecule has 0 N–H and O–H groups in total. The lowest BCUT2D eigenvalue weighted by molar-refractivity contribution is 0.0892. The topological polar surface area (TPSA) is 0 Å². The highest BCUT2D eigenvalue weighted by Gasteiger charge is 2.40. The molecule has 7 unspecified atom stereocenters. The van der Waals surface area contributed by atoms with Crippen LogP contribution in [0, 0.1) is 46.3 Å². The fourth-order valence-electron chi connectivity index (χ4n) is 5.48. The Labute approximate surface area is 214 Å². The zero-order valence-corrected chi connectivity index (χ0v) is 24.6. The summed E-state index contributed by atoms with van der Waals surface area (Å²) >= 11 is 0. The Morgan fingerprint density at radius 1 is 1.09 bits per heavy atom. The van der Waals surface area contributed by atoms with Gasteiger partial charge in [0.2, 0.25) is 0 Å². The van der Waals surface area contributed by atoms with Gasteiger partial charge in [0.05, 0.1) is 0 Å². The third-order valence-electron chi connectivity index (χ3n) is 9.72. The molecular weight excluding hydrogens is 408 g/mol. The summed E-state index contributed by atoms with van der Waals surface area (Å²) < 4.78 is 0. The minimum atomic E-state index is 0.0546. The standard InChI is InChI=1S/C34H58/c1-14-34(13,22-20-28(7)27(6)17-16-26(5)24(2)3)21-19-25(4)15-18-32-31(10)29(8)23-30(9)33(32,11)12/h14,19,21,23,25-26,28,30-32H,1-2,6,15-18,20,22H2,3-5,7-13H3/b21-19+. The maximum absolute atomic E-state index is 4.41. The van der Waals surface area contributed by atoms with Crippen molar-refractivity contribution >= 4 is 0 Å². The summed E-state index contributed by atoms with van der Waals surface area (Å²) in [7, 11) is 0. The first-order valence-electron chi connectivity index (χ1n) is 14.0. The molecule has 7 atom stereocenters. The predicted octanol–water partition coefficient (Wildman–Crippen LogP) is 11.0. The monoisotopic (exact) mass is 466 g/mol. The van der Waals surface area contributed by atoms with Crippen LogP contribution in [0.15, 0.2) is 60.8 Å². The van der Waals surface area contributed by atoms with Crippen molar-refractivity contribution in [3.05, 3.63) is 60.8 Å². The molecule has 0 nitrogen and oxygen atoms in total. The maximum Gasteiger partial charge on any atom is 0.00303 e. The second-order valence-corrected chi connectivity index (χ2v) is 12.9. The first-order valence-corrected chi connectivity index (χ1v) is 14.0. The van der Waals surface area contributed by atoms with E-state index in [-0.39, 0.29) is 5.41 Å². The minimum Gasteiger partial charge on any atom is -0.102 e. The Balaban J connectivity index is 2.63. The third kappa shape index (κ3) is 8.73. The predicted molar refractivity (Wildman–Crippen MR) is 156 cm³/mol. The lowest BCUT2D eigenvalue weighted by atomic mass is 9.58. The minimum absolute atomic E-state index is 0.0546. The molecule has 1 aliphatic rings. The molecule has 0 aromatic heterocycles. The van der Waals surface area contributed by atoms with Gasteiger partial charge in [0, 0.05) is 5.41 Å². The molecule has 1 rings (SSSR count). The second-order valence-electron chi connectivity index (χ2n) is 12.9. The van der Waals surface area contributed by atoms with Crippen LogP contribution in [0.5, 0.6) is 0 Å². The van der Waals surface area contributed by atoms with Crippen molar-refractivity contribution in [3.8, 4) is 0 Å². The van der Waals surface area contributed by atoms with Crippen molar-refractivity contribution in [1.29, 1.82) is 0 Å². The molecule has 0 saturated heterocycles. The average molecular weight is 467 g/mol. The number of hydrogen-bond donors (Lipinski definition) is 0. The van der Waals surface area contributed by atoms with Gasteiger partial charge >= 0.3 is 0 Å². The zero-order chi connectivity index (χ0) is 26.3. The van der Waals surface area contributed by atoms with Crippen molar-refractivity contribution in [2.45, 2.75) is 108 Å². The number of hydrogen-bond acceptors (Lipinski definition) is 0. The van der Waals surface area contributed by atoms with Crippen molar-refractivity contribution in [2.75, 3.05) is 0 Å². The van der Waals surface area contributed by atoms with Gasteiger partial charge in [-0.15, -0.1) is 6.58 Å². The van der Waals surface area contributed by atoms with E-state index in [1.807, 2.05) is 0 Å². The molecule has 0 fully saturated rings. The van der Waals surface area contributed by atoms with Crippen LogP contribution in [-0.2, 0) is 0 Å². The van der Waals surface area contributed by atoms with Gasteiger partial charge in [-0.05, 0) is 93.3 Å². The van der Waals surface area contributed by atoms with Gasteiger partial charge in [0.25, 0.3) is 0 Å². The van der Waals surface area contributed by atoms with Crippen LogP contribution in [0.1, 0.15) is 108 Å². The molecule has 0 heteroatoms. The summed E-state index contributed by atoms with van der Waals surface area (Å²) in [6.07, 6.45) is 16.7. The Kier molecular flexibility index (Phi) is 11.9. The van der Waals surface area contributed by atoms with Crippen LogP contribution in [-0.4, -0.2) is 0 Å². The Bertz CT molecular complexity index is 744. The molecule has 1 aliphatic carbocycles. The SMILES string of the molecule is C=CC(C)(/C=C/C(C)CCC1C(C)C(C)=CC(C)C1(C)C)CCC(C)C(=C)CCC(C)C(=C)C. The van der Waals surface area contributed by atoms with E-state index in [1.54, 1.807) is 5.57 Å². The van der Waals surface area contributed by atoms with E-state index in [9.17, 15) is 0 Å². The van der Waals surface area contributed by atoms with E-state index in [0.29, 0.717) is 35.0 Å². The summed E-state index contributed by atoms with van der Waals surface area (Å²) in [6.45, 7) is 36.3. The van der Waals surface area contributed by atoms with E-state index in [4.69, 9.17) is 0 Å². The smallest absolute Gasteiger partial charge is 0.00303 e. The summed E-state index contributed by atoms with van der Waals surface area (Å²) in [5.41, 5.74) is 4.68. The first-order chi connectivity index (χ1) is 15.6. The fourth-order valence-corrected chi connectivity index (χ4v) is 5.48. The van der Waals surface area contributed by atoms with Gasteiger partial charge in [-0.1, -0.05) is 110 Å². The molecule has 0 radical (unpaired) electrons. The number of rotatable bonds is 14. The number of allylic oxidation sites excluding steroid dienone is 7. The maximum atomic E-state index is 4.41. The lowest BCUT2D eigenvalue weighted by Crippen LogP contribution is -2.38. The fraction of sp³-hybridized carbons (Fsp3) is 0.706. The van der Waals surface area contributed by atoms with Crippen molar-refractivity contribution in [1.82, 2.24) is 0 Å². The van der Waals surface area contributed by atoms with Gasteiger partial charge < -0.3 is 0 Å². The van der Waals surface area contributed by atoms with Gasteiger partial charge in [-0.3, -0.25) is 0 Å². The van der Waals surface area contributed by atoms with E-state index >= 15 is 0 Å². The van der Waals surface area contributed by atoms with Crippen molar-refractivity contribution < 1.29 is 0 Å². The molecular formula is C34H58. The molecule has 0 aromatic carbocycles. The summed E-state index contributed by atoms with van der Waals surface area (Å²) in [6, 6.07) is 0. The van der Waals surface area contributed by atoms with Gasteiger partial charge in [0.15, 0.2) is 0 Å². The molecule has 34 heavy (non-hydrogen) atoms. The Morgan fingerprint density at radius 3 is 2.26 bits per heavy atom. The van der Waals surface area contributed by atoms with Gasteiger partial charge in [0.1, 0.15) is 0 Å². The largest absolute Gasteiger partial charge is 0.102 e. The van der Waals surface area contributed by atoms with E-state index < -0.39 is 0 Å². The highest BCUT2D eigenvalue weighted by atomic mass is 14.4. The highest BCUT2D eigenvalue weighted by Crippen LogP contribution is 2.49. The molecule has 0 heterocycles. The summed E-state index contributed by atoms with van der Waals surface area (Å²) in [5.74, 6) is 3.83. The van der Waals surface area contributed by atoms with Crippen LogP contribution >= 0.6 is 0 Å². The van der Waals surface area contributed by atoms with E-state index in [0.717, 1.165) is 18.8 Å². The van der Waals surface area contributed by atoms with Crippen molar-refractivity contribution in [3.63, 3.8) is 0 Å². The van der Waals surface area contributed by atoms with Crippen LogP contribution in [0.2, 0.25) is 0 Å². The van der Waals surface area contributed by atoms with Crippen LogP contribution in [0.4, 0.5) is 0 Å². The molecule has 0 bridgehead atoms.